The van der Waals surface area contributed by atoms with Gasteiger partial charge in [-0.2, -0.15) is 0 Å². The lowest BCUT2D eigenvalue weighted by Gasteiger charge is -2.12. The van der Waals surface area contributed by atoms with Crippen molar-refractivity contribution in [1.29, 1.82) is 0 Å². The number of nitrogens with two attached hydrogens (primary N) is 1. The fourth-order valence-electron chi connectivity index (χ4n) is 3.40. The predicted molar refractivity (Wildman–Crippen MR) is 134 cm³/mol. The molecule has 4 rings (SSSR count). The van der Waals surface area contributed by atoms with E-state index < -0.39 is 17.2 Å². The SMILES string of the molecule is CCNC(=O)NC(=O)[C@H](C)Sc1nnc(-c2cc(-c3ccc(C)cc3)nc3ccccc23)n1N. The summed E-state index contributed by atoms with van der Waals surface area (Å²) in [4.78, 5) is 28.8. The zero-order valence-electron chi connectivity index (χ0n) is 19.1. The molecule has 174 valence electrons. The van der Waals surface area contributed by atoms with E-state index in [1.54, 1.807) is 13.8 Å². The number of hydrogen-bond donors (Lipinski definition) is 3. The number of aromatic nitrogens is 4. The molecule has 0 saturated heterocycles. The smallest absolute Gasteiger partial charge is 0.321 e. The highest BCUT2D eigenvalue weighted by Gasteiger charge is 2.22. The zero-order chi connectivity index (χ0) is 24.2. The second-order valence-electron chi connectivity index (χ2n) is 7.72. The first kappa shape index (κ1) is 23.2. The molecule has 10 heteroatoms. The number of carbonyl (C=O) groups is 2. The lowest BCUT2D eigenvalue weighted by atomic mass is 10.0. The molecule has 9 nitrogen and oxygen atoms in total. The van der Waals surface area contributed by atoms with Crippen molar-refractivity contribution in [1.82, 2.24) is 30.5 Å². The minimum absolute atomic E-state index is 0.353. The van der Waals surface area contributed by atoms with Gasteiger partial charge in [-0.15, -0.1) is 10.2 Å². The third kappa shape index (κ3) is 4.86. The average molecular weight is 476 g/mol. The van der Waals surface area contributed by atoms with Crippen molar-refractivity contribution in [2.45, 2.75) is 31.2 Å². The summed E-state index contributed by atoms with van der Waals surface area (Å²) in [5.74, 6) is 6.37. The maximum atomic E-state index is 12.3. The number of para-hydroxylation sites is 1. The summed E-state index contributed by atoms with van der Waals surface area (Å²) in [6.07, 6.45) is 0. The highest BCUT2D eigenvalue weighted by atomic mass is 32.2. The van der Waals surface area contributed by atoms with Crippen LogP contribution in [0.2, 0.25) is 0 Å². The number of thioether (sulfide) groups is 1. The van der Waals surface area contributed by atoms with Crippen molar-refractivity contribution in [3.63, 3.8) is 0 Å². The van der Waals surface area contributed by atoms with Crippen LogP contribution >= 0.6 is 11.8 Å². The summed E-state index contributed by atoms with van der Waals surface area (Å²) in [5, 5.41) is 14.0. The van der Waals surface area contributed by atoms with E-state index in [0.29, 0.717) is 17.5 Å². The number of carbonyl (C=O) groups excluding carboxylic acids is 2. The van der Waals surface area contributed by atoms with E-state index in [4.69, 9.17) is 10.8 Å². The molecule has 34 heavy (non-hydrogen) atoms. The standard InChI is InChI=1S/C24H25N7O2S/c1-4-26-23(33)28-22(32)15(3)34-24-30-29-21(31(24)25)18-13-20(16-11-9-14(2)10-12-16)27-19-8-6-5-7-17(18)19/h5-13,15H,4,25H2,1-3H3,(H2,26,28,32,33)/t15-/m0/s1. The topological polar surface area (TPSA) is 128 Å². The van der Waals surface area contributed by atoms with E-state index in [9.17, 15) is 9.59 Å². The first-order valence-electron chi connectivity index (χ1n) is 10.8. The largest absolute Gasteiger partial charge is 0.338 e. The number of nitrogen functional groups attached to an aromatic ring is 1. The van der Waals surface area contributed by atoms with Crippen LogP contribution in [0.5, 0.6) is 0 Å². The number of nitrogens with one attached hydrogen (secondary N) is 2. The van der Waals surface area contributed by atoms with Crippen LogP contribution < -0.4 is 16.5 Å². The Morgan fingerprint density at radius 3 is 2.59 bits per heavy atom. The number of aryl methyl sites for hydroxylation is 1. The minimum Gasteiger partial charge on any atom is -0.338 e. The Morgan fingerprint density at radius 1 is 1.12 bits per heavy atom. The third-order valence-corrected chi connectivity index (χ3v) is 6.25. The highest BCUT2D eigenvalue weighted by Crippen LogP contribution is 2.32. The minimum atomic E-state index is -0.612. The molecule has 0 aliphatic rings. The van der Waals surface area contributed by atoms with Gasteiger partial charge < -0.3 is 11.2 Å². The molecule has 0 spiro atoms. The number of pyridine rings is 1. The maximum absolute atomic E-state index is 12.3. The van der Waals surface area contributed by atoms with Crippen molar-refractivity contribution in [2.75, 3.05) is 12.4 Å². The Bertz CT molecular complexity index is 1350. The van der Waals surface area contributed by atoms with Crippen LogP contribution in [-0.4, -0.2) is 43.6 Å². The van der Waals surface area contributed by atoms with Gasteiger partial charge in [0.15, 0.2) is 5.82 Å². The monoisotopic (exact) mass is 475 g/mol. The Labute approximate surface area is 201 Å². The summed E-state index contributed by atoms with van der Waals surface area (Å²) in [5.41, 5.74) is 4.52. The Balaban J connectivity index is 1.68. The van der Waals surface area contributed by atoms with E-state index >= 15 is 0 Å². The molecule has 4 N–H and O–H groups in total. The second-order valence-corrected chi connectivity index (χ2v) is 9.03. The van der Waals surface area contributed by atoms with Gasteiger partial charge in [0.05, 0.1) is 16.5 Å². The molecule has 1 atom stereocenters. The van der Waals surface area contributed by atoms with Gasteiger partial charge in [-0.05, 0) is 32.9 Å². The van der Waals surface area contributed by atoms with E-state index in [2.05, 4.69) is 20.8 Å². The van der Waals surface area contributed by atoms with Crippen LogP contribution in [0.3, 0.4) is 0 Å². The molecule has 2 aromatic heterocycles. The molecule has 0 saturated carbocycles. The van der Waals surface area contributed by atoms with Crippen molar-refractivity contribution < 1.29 is 9.59 Å². The lowest BCUT2D eigenvalue weighted by Crippen LogP contribution is -2.42. The van der Waals surface area contributed by atoms with E-state index in [-0.39, 0.29) is 0 Å². The summed E-state index contributed by atoms with van der Waals surface area (Å²) in [6, 6.07) is 17.3. The fourth-order valence-corrected chi connectivity index (χ4v) is 4.17. The molecule has 0 unspecified atom stereocenters. The number of amides is 3. The Morgan fingerprint density at radius 2 is 1.85 bits per heavy atom. The van der Waals surface area contributed by atoms with Gasteiger partial charge in [0.2, 0.25) is 11.1 Å². The number of imide groups is 1. The molecular formula is C24H25N7O2S. The Hall–Kier alpha value is -3.92. The summed E-state index contributed by atoms with van der Waals surface area (Å²) >= 11 is 1.12. The first-order valence-corrected chi connectivity index (χ1v) is 11.7. The van der Waals surface area contributed by atoms with Crippen LogP contribution in [0.1, 0.15) is 19.4 Å². The van der Waals surface area contributed by atoms with Crippen LogP contribution in [0.4, 0.5) is 4.79 Å². The molecule has 0 aliphatic carbocycles. The van der Waals surface area contributed by atoms with Crippen LogP contribution in [-0.2, 0) is 4.79 Å². The van der Waals surface area contributed by atoms with Crippen molar-refractivity contribution in [3.05, 3.63) is 60.2 Å². The first-order chi connectivity index (χ1) is 16.4. The molecule has 2 heterocycles. The maximum Gasteiger partial charge on any atom is 0.321 e. The second kappa shape index (κ2) is 9.92. The van der Waals surface area contributed by atoms with Crippen LogP contribution in [0.15, 0.2) is 59.8 Å². The van der Waals surface area contributed by atoms with Gasteiger partial charge in [0.25, 0.3) is 0 Å². The normalized spacial score (nSPS) is 11.9. The van der Waals surface area contributed by atoms with Gasteiger partial charge in [-0.3, -0.25) is 10.1 Å². The number of nitrogens with zero attached hydrogens (tertiary/aromatic N) is 4. The molecule has 0 fully saturated rings. The van der Waals surface area contributed by atoms with Crippen molar-refractivity contribution >= 4 is 34.6 Å². The molecule has 0 radical (unpaired) electrons. The van der Waals surface area contributed by atoms with E-state index in [0.717, 1.165) is 39.5 Å². The van der Waals surface area contributed by atoms with Crippen molar-refractivity contribution in [2.24, 2.45) is 0 Å². The molecule has 4 aromatic rings. The van der Waals surface area contributed by atoms with Gasteiger partial charge in [0.1, 0.15) is 0 Å². The van der Waals surface area contributed by atoms with Gasteiger partial charge >= 0.3 is 6.03 Å². The van der Waals surface area contributed by atoms with Crippen LogP contribution in [0.25, 0.3) is 33.5 Å². The van der Waals surface area contributed by atoms with Crippen molar-refractivity contribution in [3.8, 4) is 22.6 Å². The summed E-state index contributed by atoms with van der Waals surface area (Å²) < 4.78 is 1.36. The summed E-state index contributed by atoms with van der Waals surface area (Å²) in [7, 11) is 0. The van der Waals surface area contributed by atoms with Crippen LogP contribution in [0, 0.1) is 6.92 Å². The fraction of sp³-hybridized carbons (Fsp3) is 0.208. The highest BCUT2D eigenvalue weighted by molar-refractivity contribution is 8.00. The molecule has 2 aromatic carbocycles. The third-order valence-electron chi connectivity index (χ3n) is 5.19. The number of fused-ring (bicyclic) bond motifs is 1. The lowest BCUT2D eigenvalue weighted by molar-refractivity contribution is -0.119. The average Bonchev–Trinajstić information content (AvgIpc) is 3.18. The van der Waals surface area contributed by atoms with Gasteiger partial charge in [-0.25, -0.2) is 14.5 Å². The van der Waals surface area contributed by atoms with E-state index in [1.165, 1.54) is 10.2 Å². The number of rotatable bonds is 6. The molecule has 0 bridgehead atoms. The van der Waals surface area contributed by atoms with Gasteiger partial charge in [-0.1, -0.05) is 59.8 Å². The summed E-state index contributed by atoms with van der Waals surface area (Å²) in [6.45, 7) is 5.90. The number of hydrogen-bond acceptors (Lipinski definition) is 7. The number of benzene rings is 2. The predicted octanol–water partition coefficient (Wildman–Crippen LogP) is 3.51. The number of urea groups is 1. The molecular weight excluding hydrogens is 450 g/mol. The quantitative estimate of drug-likeness (QED) is 0.288. The molecule has 3 amide bonds. The van der Waals surface area contributed by atoms with Gasteiger partial charge in [0, 0.05) is 23.1 Å². The Kier molecular flexibility index (Phi) is 6.78. The van der Waals surface area contributed by atoms with E-state index in [1.807, 2.05) is 61.5 Å². The zero-order valence-corrected chi connectivity index (χ0v) is 19.9. The molecule has 0 aliphatic heterocycles.